The molecule has 0 aliphatic rings. The molecule has 0 atom stereocenters. The Morgan fingerprint density at radius 1 is 0.917 bits per heavy atom. The maximum absolute atomic E-state index is 9.19. The van der Waals surface area contributed by atoms with Gasteiger partial charge in [-0.25, -0.2) is 0 Å². The molecule has 0 saturated heterocycles. The van der Waals surface area contributed by atoms with Crippen molar-refractivity contribution in [1.29, 1.82) is 0 Å². The molecule has 0 aliphatic carbocycles. The first-order valence-corrected chi connectivity index (χ1v) is 4.38. The minimum absolute atomic E-state index is 0.632. The van der Waals surface area contributed by atoms with Crippen LogP contribution in [-0.4, -0.2) is 18.2 Å². The smallest absolute Gasteiger partial charge is 0.300 e. The van der Waals surface area contributed by atoms with Crippen molar-refractivity contribution in [3.63, 3.8) is 0 Å². The Balaban J connectivity index is 0.000000202. The van der Waals surface area contributed by atoms with Crippen LogP contribution in [0.5, 0.6) is 0 Å². The van der Waals surface area contributed by atoms with Crippen LogP contribution >= 0.6 is 0 Å². The molecule has 1 aromatic rings. The van der Waals surface area contributed by atoms with Crippen molar-refractivity contribution >= 4 is 10.3 Å². The maximum Gasteiger partial charge on any atom is 0.355 e. The molecule has 0 aromatic heterocycles. The van der Waals surface area contributed by atoms with E-state index in [0.717, 1.165) is 0 Å². The predicted octanol–water partition coefficient (Wildman–Crippen LogP) is 0.455. The van der Waals surface area contributed by atoms with E-state index in [-0.39, 0.29) is 0 Å². The highest BCUT2D eigenvalue weighted by atomic mass is 32.2. The van der Waals surface area contributed by atoms with Gasteiger partial charge in [-0.3, -0.25) is 4.55 Å². The zero-order valence-corrected chi connectivity index (χ0v) is 6.90. The van der Waals surface area contributed by atoms with E-state index in [1.165, 1.54) is 0 Å². The molecule has 6 heteroatoms. The van der Waals surface area contributed by atoms with Gasteiger partial charge in [0.2, 0.25) is 0 Å². The first-order chi connectivity index (χ1) is 5.56. The summed E-state index contributed by atoms with van der Waals surface area (Å²) in [6, 6.07) is 12.0. The molecule has 12 heavy (non-hydrogen) atoms. The molecule has 0 bridgehead atoms. The third-order valence-corrected chi connectivity index (χ3v) is 1.01. The van der Waals surface area contributed by atoms with Crippen LogP contribution in [0.3, 0.4) is 0 Å². The van der Waals surface area contributed by atoms with Crippen molar-refractivity contribution in [2.45, 2.75) is 0 Å². The van der Waals surface area contributed by atoms with Crippen LogP contribution < -0.4 is 4.89 Å². The Labute approximate surface area is 70.5 Å². The summed E-state index contributed by atoms with van der Waals surface area (Å²) >= 11 is 0. The van der Waals surface area contributed by atoms with Gasteiger partial charge in [0.25, 0.3) is 0 Å². The molecule has 0 saturated carbocycles. The zero-order valence-electron chi connectivity index (χ0n) is 6.08. The van der Waals surface area contributed by atoms with Crippen molar-refractivity contribution < 1.29 is 18.2 Å². The topological polar surface area (TPSA) is 86.6 Å². The number of hydrogen-bond donors (Lipinski definition) is 3. The molecule has 5 nitrogen and oxygen atoms in total. The molecular weight excluding hydrogens is 182 g/mol. The van der Waals surface area contributed by atoms with Crippen LogP contribution in [0, 0.1) is 0 Å². The number of benzene rings is 1. The summed E-state index contributed by atoms with van der Waals surface area (Å²) in [5.74, 6) is 0. The van der Waals surface area contributed by atoms with Gasteiger partial charge >= 0.3 is 10.3 Å². The van der Waals surface area contributed by atoms with E-state index in [1.807, 2.05) is 36.4 Å². The summed E-state index contributed by atoms with van der Waals surface area (Å²) in [6.07, 6.45) is 0. The van der Waals surface area contributed by atoms with Crippen molar-refractivity contribution in [1.82, 2.24) is 4.89 Å². The SMILES string of the molecule is O=S(=O)(O)NO.c1ccccc1. The minimum atomic E-state index is -4.36. The molecule has 0 heterocycles. The van der Waals surface area contributed by atoms with Crippen molar-refractivity contribution in [2.75, 3.05) is 0 Å². The van der Waals surface area contributed by atoms with Crippen molar-refractivity contribution in [3.8, 4) is 0 Å². The second-order valence-corrected chi connectivity index (χ2v) is 2.85. The maximum atomic E-state index is 9.19. The Kier molecular flexibility index (Phi) is 5.22. The monoisotopic (exact) mass is 191 g/mol. The molecule has 0 spiro atoms. The van der Waals surface area contributed by atoms with Crippen LogP contribution in [-0.2, 0) is 10.3 Å². The normalized spacial score (nSPS) is 9.83. The fraction of sp³-hybridized carbons (Fsp3) is 0. The summed E-state index contributed by atoms with van der Waals surface area (Å²) < 4.78 is 25.8. The quantitative estimate of drug-likeness (QED) is 0.444. The lowest BCUT2D eigenvalue weighted by Crippen LogP contribution is -2.16. The highest BCUT2D eigenvalue weighted by molar-refractivity contribution is 7.83. The van der Waals surface area contributed by atoms with Crippen molar-refractivity contribution in [2.24, 2.45) is 0 Å². The molecule has 0 radical (unpaired) electrons. The highest BCUT2D eigenvalue weighted by Crippen LogP contribution is 1.79. The van der Waals surface area contributed by atoms with Crippen LogP contribution in [0.25, 0.3) is 0 Å². The molecule has 0 amide bonds. The van der Waals surface area contributed by atoms with Gasteiger partial charge < -0.3 is 5.21 Å². The van der Waals surface area contributed by atoms with Gasteiger partial charge in [-0.1, -0.05) is 41.3 Å². The largest absolute Gasteiger partial charge is 0.355 e. The summed E-state index contributed by atoms with van der Waals surface area (Å²) in [7, 11) is -4.36. The van der Waals surface area contributed by atoms with Crippen LogP contribution in [0.1, 0.15) is 0 Å². The highest BCUT2D eigenvalue weighted by Gasteiger charge is 1.93. The lowest BCUT2D eigenvalue weighted by molar-refractivity contribution is 0.226. The Bertz CT molecular complexity index is 257. The third kappa shape index (κ3) is 9.05. The van der Waals surface area contributed by atoms with E-state index in [1.54, 1.807) is 0 Å². The summed E-state index contributed by atoms with van der Waals surface area (Å²) in [6.45, 7) is 0. The summed E-state index contributed by atoms with van der Waals surface area (Å²) in [4.78, 5) is 0.632. The Morgan fingerprint density at radius 2 is 1.08 bits per heavy atom. The molecule has 0 aliphatic heterocycles. The van der Waals surface area contributed by atoms with E-state index >= 15 is 0 Å². The number of rotatable bonds is 1. The first-order valence-electron chi connectivity index (χ1n) is 2.94. The van der Waals surface area contributed by atoms with Gasteiger partial charge in [-0.15, -0.1) is 0 Å². The van der Waals surface area contributed by atoms with Gasteiger partial charge in [0.15, 0.2) is 0 Å². The molecule has 3 N–H and O–H groups in total. The Hall–Kier alpha value is -0.950. The van der Waals surface area contributed by atoms with Gasteiger partial charge in [0.1, 0.15) is 0 Å². The average molecular weight is 191 g/mol. The average Bonchev–Trinajstić information content (AvgIpc) is 2.07. The predicted molar refractivity (Wildman–Crippen MR) is 42.9 cm³/mol. The zero-order chi connectivity index (χ0) is 9.45. The second kappa shape index (κ2) is 5.67. The second-order valence-electron chi connectivity index (χ2n) is 1.72. The molecule has 1 aromatic carbocycles. The number of hydrogen-bond acceptors (Lipinski definition) is 3. The Morgan fingerprint density at radius 3 is 1.17 bits per heavy atom. The van der Waals surface area contributed by atoms with Crippen LogP contribution in [0.4, 0.5) is 0 Å². The van der Waals surface area contributed by atoms with E-state index in [4.69, 9.17) is 9.76 Å². The number of nitrogens with one attached hydrogen (secondary N) is 1. The molecule has 0 unspecified atom stereocenters. The summed E-state index contributed by atoms with van der Waals surface area (Å²) in [5.41, 5.74) is 0. The lowest BCUT2D eigenvalue weighted by Gasteiger charge is -1.82. The first kappa shape index (κ1) is 11.1. The fourth-order valence-corrected chi connectivity index (χ4v) is 0.385. The van der Waals surface area contributed by atoms with Crippen LogP contribution in [0.15, 0.2) is 36.4 Å². The summed E-state index contributed by atoms with van der Waals surface area (Å²) in [5, 5.41) is 7.31. The standard InChI is InChI=1S/C6H6.H3NO4S/c1-2-4-6-5-3-1;2-1-6(3,4)5/h1-6H;1-2H,(H,3,4,5). The lowest BCUT2D eigenvalue weighted by atomic mass is 10.4. The third-order valence-electron chi connectivity index (χ3n) is 0.782. The van der Waals surface area contributed by atoms with E-state index in [2.05, 4.69) is 0 Å². The van der Waals surface area contributed by atoms with Gasteiger partial charge in [-0.05, 0) is 0 Å². The van der Waals surface area contributed by atoms with Gasteiger partial charge in [-0.2, -0.15) is 8.42 Å². The molecular formula is C6H9NO4S. The minimum Gasteiger partial charge on any atom is -0.300 e. The molecule has 1 rings (SSSR count). The fourth-order valence-electron chi connectivity index (χ4n) is 0.385. The molecule has 0 fully saturated rings. The van der Waals surface area contributed by atoms with E-state index < -0.39 is 10.3 Å². The van der Waals surface area contributed by atoms with Gasteiger partial charge in [0.05, 0.1) is 0 Å². The van der Waals surface area contributed by atoms with Gasteiger partial charge in [0, 0.05) is 0 Å². The van der Waals surface area contributed by atoms with E-state index in [9.17, 15) is 8.42 Å². The van der Waals surface area contributed by atoms with Crippen molar-refractivity contribution in [3.05, 3.63) is 36.4 Å². The molecule has 68 valence electrons. The van der Waals surface area contributed by atoms with E-state index in [0.29, 0.717) is 4.89 Å². The van der Waals surface area contributed by atoms with Crippen LogP contribution in [0.2, 0.25) is 0 Å².